The molecular formula is C37H28O12. The van der Waals surface area contributed by atoms with Crippen molar-refractivity contribution in [1.29, 1.82) is 0 Å². The van der Waals surface area contributed by atoms with Crippen molar-refractivity contribution < 1.29 is 57.1 Å². The Morgan fingerprint density at radius 3 is 1.41 bits per heavy atom. The summed E-state index contributed by atoms with van der Waals surface area (Å²) in [4.78, 5) is 50.4. The van der Waals surface area contributed by atoms with Gasteiger partial charge in [0.1, 0.15) is 0 Å². The summed E-state index contributed by atoms with van der Waals surface area (Å²) < 4.78 is 42.9. The van der Waals surface area contributed by atoms with E-state index in [9.17, 15) is 19.2 Å². The Morgan fingerprint density at radius 2 is 0.980 bits per heavy atom. The number of carbonyl (C=O) groups excluding carboxylic acids is 4. The first-order valence-electron chi connectivity index (χ1n) is 14.8. The van der Waals surface area contributed by atoms with E-state index in [1.165, 1.54) is 50.7 Å². The second-order valence-electron chi connectivity index (χ2n) is 10.5. The zero-order valence-corrected chi connectivity index (χ0v) is 26.3. The van der Waals surface area contributed by atoms with Crippen LogP contribution in [0.1, 0.15) is 38.3 Å². The molecule has 0 unspecified atom stereocenters. The molecule has 0 saturated heterocycles. The van der Waals surface area contributed by atoms with Crippen molar-refractivity contribution in [2.45, 2.75) is 6.42 Å². The van der Waals surface area contributed by atoms with Crippen LogP contribution in [0.3, 0.4) is 0 Å². The van der Waals surface area contributed by atoms with Crippen LogP contribution in [0.25, 0.3) is 12.2 Å². The van der Waals surface area contributed by atoms with Gasteiger partial charge in [-0.3, -0.25) is 9.59 Å². The Labute approximate surface area is 280 Å². The zero-order valence-electron chi connectivity index (χ0n) is 26.3. The van der Waals surface area contributed by atoms with E-state index in [2.05, 4.69) is 0 Å². The number of ether oxygens (including phenoxy) is 8. The van der Waals surface area contributed by atoms with Crippen LogP contribution in [-0.2, 0) is 9.59 Å². The molecule has 0 aromatic heterocycles. The van der Waals surface area contributed by atoms with E-state index in [0.717, 1.165) is 0 Å². The lowest BCUT2D eigenvalue weighted by Crippen LogP contribution is -2.09. The van der Waals surface area contributed by atoms with Crippen LogP contribution in [0.5, 0.6) is 46.0 Å². The van der Waals surface area contributed by atoms with E-state index in [-0.39, 0.29) is 54.1 Å². The molecule has 0 N–H and O–H groups in total. The maximum atomic E-state index is 12.7. The summed E-state index contributed by atoms with van der Waals surface area (Å²) in [6, 6.07) is 19.0. The van der Waals surface area contributed by atoms with Gasteiger partial charge in [-0.2, -0.15) is 0 Å². The Balaban J connectivity index is 1.02. The third kappa shape index (κ3) is 7.71. The number of hydrogen-bond acceptors (Lipinski definition) is 12. The van der Waals surface area contributed by atoms with Crippen molar-refractivity contribution in [3.8, 4) is 46.0 Å². The van der Waals surface area contributed by atoms with Crippen molar-refractivity contribution in [3.63, 3.8) is 0 Å². The third-order valence-corrected chi connectivity index (χ3v) is 7.27. The van der Waals surface area contributed by atoms with Gasteiger partial charge >= 0.3 is 11.9 Å². The molecule has 0 aliphatic carbocycles. The number of methoxy groups -OCH3 is 2. The fourth-order valence-corrected chi connectivity index (χ4v) is 4.78. The Kier molecular flexibility index (Phi) is 9.56. The van der Waals surface area contributed by atoms with Crippen molar-refractivity contribution in [2.24, 2.45) is 0 Å². The maximum absolute atomic E-state index is 12.7. The first-order chi connectivity index (χ1) is 23.8. The minimum Gasteiger partial charge on any atom is -0.493 e. The number of rotatable bonds is 12. The predicted molar refractivity (Wildman–Crippen MR) is 174 cm³/mol. The number of allylic oxidation sites excluding steroid dienone is 2. The number of carbonyl (C=O) groups is 4. The van der Waals surface area contributed by atoms with Crippen molar-refractivity contribution in [3.05, 3.63) is 107 Å². The molecule has 248 valence electrons. The monoisotopic (exact) mass is 664 g/mol. The molecule has 12 heteroatoms. The van der Waals surface area contributed by atoms with E-state index in [0.29, 0.717) is 34.1 Å². The fraction of sp³-hybridized carbons (Fsp3) is 0.135. The minimum absolute atomic E-state index is 0.0845. The number of hydrogen-bond donors (Lipinski definition) is 0. The van der Waals surface area contributed by atoms with Crippen LogP contribution in [0.4, 0.5) is 0 Å². The highest BCUT2D eigenvalue weighted by atomic mass is 16.7. The normalized spacial score (nSPS) is 12.6. The summed E-state index contributed by atoms with van der Waals surface area (Å²) in [5.74, 6) is 0.832. The van der Waals surface area contributed by atoms with Gasteiger partial charge in [0.05, 0.1) is 31.8 Å². The molecule has 2 aliphatic heterocycles. The van der Waals surface area contributed by atoms with E-state index < -0.39 is 23.5 Å². The summed E-state index contributed by atoms with van der Waals surface area (Å²) in [7, 11) is 2.85. The lowest BCUT2D eigenvalue weighted by atomic mass is 10.1. The lowest BCUT2D eigenvalue weighted by Gasteiger charge is -2.10. The molecule has 2 aliphatic rings. The fourth-order valence-electron chi connectivity index (χ4n) is 4.78. The largest absolute Gasteiger partial charge is 0.493 e. The summed E-state index contributed by atoms with van der Waals surface area (Å²) in [5, 5.41) is 0. The maximum Gasteiger partial charge on any atom is 0.343 e. The Bertz CT molecular complexity index is 1870. The highest BCUT2D eigenvalue weighted by Gasteiger charge is 2.20. The lowest BCUT2D eigenvalue weighted by molar-refractivity contribution is -0.121. The van der Waals surface area contributed by atoms with Crippen molar-refractivity contribution >= 4 is 35.7 Å². The van der Waals surface area contributed by atoms with Gasteiger partial charge in [0.15, 0.2) is 57.6 Å². The van der Waals surface area contributed by atoms with E-state index >= 15 is 0 Å². The summed E-state index contributed by atoms with van der Waals surface area (Å²) >= 11 is 0. The highest BCUT2D eigenvalue weighted by molar-refractivity contribution is 6.11. The minimum atomic E-state index is -0.614. The van der Waals surface area contributed by atoms with Crippen molar-refractivity contribution in [2.75, 3.05) is 27.8 Å². The molecule has 0 fully saturated rings. The highest BCUT2D eigenvalue weighted by Crippen LogP contribution is 2.35. The van der Waals surface area contributed by atoms with E-state index in [1.807, 2.05) is 0 Å². The quantitative estimate of drug-likeness (QED) is 0.0776. The molecule has 0 bridgehead atoms. The average Bonchev–Trinajstić information content (AvgIpc) is 3.79. The molecule has 49 heavy (non-hydrogen) atoms. The van der Waals surface area contributed by atoms with Crippen LogP contribution in [0, 0.1) is 0 Å². The van der Waals surface area contributed by atoms with Gasteiger partial charge in [-0.25, -0.2) is 9.59 Å². The van der Waals surface area contributed by atoms with E-state index in [4.69, 9.17) is 37.9 Å². The van der Waals surface area contributed by atoms with Gasteiger partial charge in [-0.1, -0.05) is 24.3 Å². The third-order valence-electron chi connectivity index (χ3n) is 7.27. The molecule has 6 rings (SSSR count). The molecule has 0 atom stereocenters. The summed E-state index contributed by atoms with van der Waals surface area (Å²) in [5.41, 5.74) is 1.72. The second-order valence-corrected chi connectivity index (χ2v) is 10.5. The zero-order chi connectivity index (χ0) is 34.3. The van der Waals surface area contributed by atoms with Gasteiger partial charge in [0.2, 0.25) is 13.6 Å². The molecule has 0 amide bonds. The first-order valence-corrected chi connectivity index (χ1v) is 14.8. The molecule has 0 spiro atoms. The summed E-state index contributed by atoms with van der Waals surface area (Å²) in [6.45, 7) is 0.169. The van der Waals surface area contributed by atoms with Gasteiger partial charge in [0.25, 0.3) is 0 Å². The Hall–Kier alpha value is -6.56. The number of esters is 2. The number of fused-ring (bicyclic) bond motifs is 2. The summed E-state index contributed by atoms with van der Waals surface area (Å²) in [6.07, 6.45) is 5.26. The molecule has 2 heterocycles. The molecule has 0 saturated carbocycles. The van der Waals surface area contributed by atoms with E-state index in [1.54, 1.807) is 60.7 Å². The van der Waals surface area contributed by atoms with Crippen LogP contribution >= 0.6 is 0 Å². The SMILES string of the molecule is COc1cc(/C=C/C(=O)CC(=O)/C=C/c2ccc(OC(=O)c3ccc4c(c3)OCO4)c(OC)c2)ccc1OC(=O)c1ccc2c(c1)OCO2. The topological polar surface area (TPSA) is 142 Å². The molecule has 0 radical (unpaired) electrons. The molecule has 4 aromatic rings. The van der Waals surface area contributed by atoms with Crippen LogP contribution in [0.2, 0.25) is 0 Å². The standard InChI is InChI=1S/C37H28O12/c1-42-32-15-22(5-11-30(32)48-36(40)24-7-13-28-34(17-24)46-20-44-28)3-9-26(38)19-27(39)10-4-23-6-12-31(33(16-23)43-2)49-37(41)25-8-14-29-35(18-25)47-21-45-29/h3-18H,19-21H2,1-2H3/b9-3+,10-4+. The van der Waals surface area contributed by atoms with Gasteiger partial charge < -0.3 is 37.9 Å². The van der Waals surface area contributed by atoms with Crippen LogP contribution in [0.15, 0.2) is 84.9 Å². The first kappa shape index (κ1) is 32.4. The molecule has 12 nitrogen and oxygen atoms in total. The Morgan fingerprint density at radius 1 is 0.551 bits per heavy atom. The molecular weight excluding hydrogens is 636 g/mol. The smallest absolute Gasteiger partial charge is 0.343 e. The van der Waals surface area contributed by atoms with Crippen LogP contribution < -0.4 is 37.9 Å². The van der Waals surface area contributed by atoms with Crippen molar-refractivity contribution in [1.82, 2.24) is 0 Å². The molecule has 4 aromatic carbocycles. The van der Waals surface area contributed by atoms with Gasteiger partial charge in [0, 0.05) is 0 Å². The number of ketones is 2. The van der Waals surface area contributed by atoms with Crippen LogP contribution in [-0.4, -0.2) is 51.3 Å². The van der Waals surface area contributed by atoms with Gasteiger partial charge in [-0.05, 0) is 83.9 Å². The predicted octanol–water partition coefficient (Wildman–Crippen LogP) is 5.85. The second kappa shape index (κ2) is 14.5. The number of benzene rings is 4. The average molecular weight is 665 g/mol. The van der Waals surface area contributed by atoms with Gasteiger partial charge in [-0.15, -0.1) is 0 Å².